The van der Waals surface area contributed by atoms with Gasteiger partial charge in [-0.15, -0.1) is 0 Å². The topological polar surface area (TPSA) is 58.6 Å². The Balaban J connectivity index is 1.87. The minimum Gasteiger partial charge on any atom is -0.484 e. The molecule has 0 spiro atoms. The van der Waals surface area contributed by atoms with E-state index in [-0.39, 0.29) is 18.4 Å². The molecular formula is C29H34N2O3. The van der Waals surface area contributed by atoms with Crippen molar-refractivity contribution in [3.8, 4) is 5.75 Å². The van der Waals surface area contributed by atoms with E-state index in [4.69, 9.17) is 4.74 Å². The fourth-order valence-corrected chi connectivity index (χ4v) is 3.69. The van der Waals surface area contributed by atoms with Gasteiger partial charge >= 0.3 is 0 Å². The van der Waals surface area contributed by atoms with Crippen LogP contribution in [0.3, 0.4) is 0 Å². The first-order valence-electron chi connectivity index (χ1n) is 11.8. The molecule has 0 radical (unpaired) electrons. The number of amides is 2. The van der Waals surface area contributed by atoms with Crippen LogP contribution in [0.2, 0.25) is 0 Å². The highest BCUT2D eigenvalue weighted by Crippen LogP contribution is 2.17. The molecule has 178 valence electrons. The van der Waals surface area contributed by atoms with Gasteiger partial charge in [-0.2, -0.15) is 0 Å². The van der Waals surface area contributed by atoms with Crippen LogP contribution >= 0.6 is 0 Å². The van der Waals surface area contributed by atoms with Gasteiger partial charge in [-0.3, -0.25) is 9.59 Å². The predicted molar refractivity (Wildman–Crippen MR) is 135 cm³/mol. The van der Waals surface area contributed by atoms with E-state index >= 15 is 0 Å². The maximum Gasteiger partial charge on any atom is 0.261 e. The number of rotatable bonds is 11. The Morgan fingerprint density at radius 3 is 2.15 bits per heavy atom. The number of carbonyl (C=O) groups is 2. The van der Waals surface area contributed by atoms with Crippen molar-refractivity contribution in [1.29, 1.82) is 0 Å². The molecule has 0 saturated heterocycles. The lowest BCUT2D eigenvalue weighted by atomic mass is 10.0. The number of hydrogen-bond donors (Lipinski definition) is 1. The van der Waals surface area contributed by atoms with Crippen LogP contribution in [0.1, 0.15) is 30.5 Å². The number of nitrogens with one attached hydrogen (secondary N) is 1. The lowest BCUT2D eigenvalue weighted by Crippen LogP contribution is -2.52. The summed E-state index contributed by atoms with van der Waals surface area (Å²) < 4.78 is 5.82. The molecule has 0 bridgehead atoms. The summed E-state index contributed by atoms with van der Waals surface area (Å²) in [5.74, 6) is 0.560. The molecule has 3 rings (SSSR count). The minimum absolute atomic E-state index is 0.140. The van der Waals surface area contributed by atoms with Crippen LogP contribution in [0.5, 0.6) is 5.75 Å². The fourth-order valence-electron chi connectivity index (χ4n) is 3.69. The number of ether oxygens (including phenoxy) is 1. The molecule has 0 saturated carbocycles. The summed E-state index contributed by atoms with van der Waals surface area (Å²) in [5.41, 5.74) is 3.01. The van der Waals surface area contributed by atoms with Gasteiger partial charge in [-0.1, -0.05) is 86.6 Å². The molecule has 2 amide bonds. The fraction of sp³-hybridized carbons (Fsp3) is 0.310. The Morgan fingerprint density at radius 2 is 1.53 bits per heavy atom. The van der Waals surface area contributed by atoms with Crippen molar-refractivity contribution in [2.24, 2.45) is 5.92 Å². The van der Waals surface area contributed by atoms with Crippen molar-refractivity contribution >= 4 is 11.8 Å². The Kier molecular flexibility index (Phi) is 9.27. The lowest BCUT2D eigenvalue weighted by Gasteiger charge is -2.31. The zero-order valence-electron chi connectivity index (χ0n) is 20.2. The highest BCUT2D eigenvalue weighted by Gasteiger charge is 2.30. The van der Waals surface area contributed by atoms with E-state index in [9.17, 15) is 9.59 Å². The quantitative estimate of drug-likeness (QED) is 0.450. The first kappa shape index (κ1) is 25.0. The van der Waals surface area contributed by atoms with E-state index in [0.29, 0.717) is 31.2 Å². The standard InChI is InChI=1S/C29H34N2O3/c1-22(2)19-30-29(33)27(18-24-12-6-4-7-13-24)31(20-25-14-8-5-9-15-25)28(32)21-34-26-16-10-11-23(3)17-26/h4-17,22,27H,18-21H2,1-3H3,(H,30,33)/t27-/m0/s1. The normalized spacial score (nSPS) is 11.6. The highest BCUT2D eigenvalue weighted by molar-refractivity contribution is 5.88. The molecule has 3 aromatic carbocycles. The van der Waals surface area contributed by atoms with Crippen LogP contribution in [0.25, 0.3) is 0 Å². The van der Waals surface area contributed by atoms with Gasteiger partial charge in [0, 0.05) is 19.5 Å². The second kappa shape index (κ2) is 12.6. The van der Waals surface area contributed by atoms with Crippen molar-refractivity contribution in [2.75, 3.05) is 13.2 Å². The van der Waals surface area contributed by atoms with Crippen LogP contribution in [-0.2, 0) is 22.6 Å². The summed E-state index contributed by atoms with van der Waals surface area (Å²) >= 11 is 0. The molecule has 1 N–H and O–H groups in total. The molecule has 0 unspecified atom stereocenters. The molecule has 0 heterocycles. The Labute approximate surface area is 202 Å². The summed E-state index contributed by atoms with van der Waals surface area (Å²) in [6, 6.07) is 26.5. The number of nitrogens with zero attached hydrogens (tertiary/aromatic N) is 1. The molecule has 3 aromatic rings. The smallest absolute Gasteiger partial charge is 0.261 e. The van der Waals surface area contributed by atoms with E-state index in [1.54, 1.807) is 4.90 Å². The van der Waals surface area contributed by atoms with E-state index in [2.05, 4.69) is 19.2 Å². The van der Waals surface area contributed by atoms with Gasteiger partial charge in [-0.25, -0.2) is 0 Å². The number of carbonyl (C=O) groups excluding carboxylic acids is 2. The van der Waals surface area contributed by atoms with Crippen LogP contribution in [0, 0.1) is 12.8 Å². The average molecular weight is 459 g/mol. The number of benzene rings is 3. The molecule has 5 nitrogen and oxygen atoms in total. The molecular weight excluding hydrogens is 424 g/mol. The van der Waals surface area contributed by atoms with Gasteiger partial charge in [0.15, 0.2) is 6.61 Å². The van der Waals surface area contributed by atoms with Crippen LogP contribution < -0.4 is 10.1 Å². The van der Waals surface area contributed by atoms with Gasteiger partial charge in [0.05, 0.1) is 0 Å². The minimum atomic E-state index is -0.657. The summed E-state index contributed by atoms with van der Waals surface area (Å²) in [7, 11) is 0. The van der Waals surface area contributed by atoms with E-state index < -0.39 is 6.04 Å². The van der Waals surface area contributed by atoms with Crippen molar-refractivity contribution < 1.29 is 14.3 Å². The van der Waals surface area contributed by atoms with Gasteiger partial charge in [0.2, 0.25) is 5.91 Å². The van der Waals surface area contributed by atoms with Crippen LogP contribution in [0.15, 0.2) is 84.9 Å². The van der Waals surface area contributed by atoms with Gasteiger partial charge in [-0.05, 0) is 41.7 Å². The Hall–Kier alpha value is -3.60. The lowest BCUT2D eigenvalue weighted by molar-refractivity contribution is -0.142. The summed E-state index contributed by atoms with van der Waals surface area (Å²) in [4.78, 5) is 28.5. The van der Waals surface area contributed by atoms with Crippen molar-refractivity contribution in [3.63, 3.8) is 0 Å². The van der Waals surface area contributed by atoms with Crippen molar-refractivity contribution in [2.45, 2.75) is 39.8 Å². The monoisotopic (exact) mass is 458 g/mol. The molecule has 0 fully saturated rings. The van der Waals surface area contributed by atoms with Crippen molar-refractivity contribution in [1.82, 2.24) is 10.2 Å². The van der Waals surface area contributed by atoms with E-state index in [0.717, 1.165) is 16.7 Å². The highest BCUT2D eigenvalue weighted by atomic mass is 16.5. The molecule has 5 heteroatoms. The maximum atomic E-state index is 13.5. The number of aryl methyl sites for hydroxylation is 1. The van der Waals surface area contributed by atoms with Crippen molar-refractivity contribution in [3.05, 3.63) is 102 Å². The molecule has 0 aliphatic carbocycles. The summed E-state index contributed by atoms with van der Waals surface area (Å²) in [5, 5.41) is 3.03. The van der Waals surface area contributed by atoms with E-state index in [1.807, 2.05) is 91.9 Å². The Bertz CT molecular complexity index is 1050. The average Bonchev–Trinajstić information content (AvgIpc) is 2.84. The largest absolute Gasteiger partial charge is 0.484 e. The van der Waals surface area contributed by atoms with Crippen LogP contribution in [0.4, 0.5) is 0 Å². The molecule has 1 atom stereocenters. The second-order valence-corrected chi connectivity index (χ2v) is 8.96. The summed E-state index contributed by atoms with van der Waals surface area (Å²) in [6.45, 7) is 6.81. The van der Waals surface area contributed by atoms with Gasteiger partial charge in [0.1, 0.15) is 11.8 Å². The first-order valence-corrected chi connectivity index (χ1v) is 11.8. The summed E-state index contributed by atoms with van der Waals surface area (Å²) in [6.07, 6.45) is 0.424. The third kappa shape index (κ3) is 7.77. The van der Waals surface area contributed by atoms with Crippen LogP contribution in [-0.4, -0.2) is 35.9 Å². The SMILES string of the molecule is Cc1cccc(OCC(=O)N(Cc2ccccc2)[C@@H](Cc2ccccc2)C(=O)NCC(C)C)c1. The second-order valence-electron chi connectivity index (χ2n) is 8.96. The number of hydrogen-bond acceptors (Lipinski definition) is 3. The predicted octanol–water partition coefficient (Wildman–Crippen LogP) is 4.79. The molecule has 0 aliphatic rings. The third-order valence-electron chi connectivity index (χ3n) is 5.50. The Morgan fingerprint density at radius 1 is 0.882 bits per heavy atom. The maximum absolute atomic E-state index is 13.5. The van der Waals surface area contributed by atoms with Gasteiger partial charge in [0.25, 0.3) is 5.91 Å². The first-order chi connectivity index (χ1) is 16.4. The van der Waals surface area contributed by atoms with Gasteiger partial charge < -0.3 is 15.0 Å². The molecule has 0 aliphatic heterocycles. The molecule has 34 heavy (non-hydrogen) atoms. The van der Waals surface area contributed by atoms with E-state index in [1.165, 1.54) is 0 Å². The zero-order valence-corrected chi connectivity index (χ0v) is 20.2. The zero-order chi connectivity index (χ0) is 24.3. The third-order valence-corrected chi connectivity index (χ3v) is 5.50. The molecule has 0 aromatic heterocycles.